The Bertz CT molecular complexity index is 1170. The van der Waals surface area contributed by atoms with E-state index in [2.05, 4.69) is 61.7 Å². The quantitative estimate of drug-likeness (QED) is 0.185. The molecule has 0 radical (unpaired) electrons. The predicted octanol–water partition coefficient (Wildman–Crippen LogP) is 7.43. The number of fused-ring (bicyclic) bond motifs is 1. The van der Waals surface area contributed by atoms with E-state index in [4.69, 9.17) is 4.98 Å². The van der Waals surface area contributed by atoms with Crippen molar-refractivity contribution in [2.75, 3.05) is 16.9 Å². The van der Waals surface area contributed by atoms with Gasteiger partial charge in [0.05, 0.1) is 16.8 Å². The first kappa shape index (κ1) is 22.9. The van der Waals surface area contributed by atoms with Crippen molar-refractivity contribution >= 4 is 56.1 Å². The summed E-state index contributed by atoms with van der Waals surface area (Å²) in [6, 6.07) is 25.0. The van der Waals surface area contributed by atoms with Gasteiger partial charge >= 0.3 is 0 Å². The summed E-state index contributed by atoms with van der Waals surface area (Å²) in [7, 11) is 0. The highest BCUT2D eigenvalue weighted by Gasteiger charge is 2.20. The van der Waals surface area contributed by atoms with Crippen molar-refractivity contribution < 1.29 is 4.79 Å². The van der Waals surface area contributed by atoms with Crippen LogP contribution in [-0.2, 0) is 11.3 Å². The lowest BCUT2D eigenvalue weighted by Gasteiger charge is -2.20. The second-order valence-electron chi connectivity index (χ2n) is 7.56. The molecule has 32 heavy (non-hydrogen) atoms. The number of thioether (sulfide) groups is 2. The lowest BCUT2D eigenvalue weighted by molar-refractivity contribution is -0.118. The molecule has 0 unspecified atom stereocenters. The molecule has 3 aromatic carbocycles. The normalized spacial score (nSPS) is 11.1. The lowest BCUT2D eigenvalue weighted by Crippen LogP contribution is -2.30. The molecule has 0 bridgehead atoms. The van der Waals surface area contributed by atoms with E-state index >= 15 is 0 Å². The fourth-order valence-corrected chi connectivity index (χ4v) is 5.74. The fourth-order valence-electron chi connectivity index (χ4n) is 3.35. The molecule has 0 spiro atoms. The maximum absolute atomic E-state index is 13.3. The Balaban J connectivity index is 1.47. The maximum Gasteiger partial charge on any atom is 0.229 e. The van der Waals surface area contributed by atoms with Gasteiger partial charge in [0, 0.05) is 16.2 Å². The zero-order valence-corrected chi connectivity index (χ0v) is 20.7. The second-order valence-corrected chi connectivity index (χ2v) is 10.6. The van der Waals surface area contributed by atoms with Crippen molar-refractivity contribution in [3.8, 4) is 0 Å². The van der Waals surface area contributed by atoms with E-state index < -0.39 is 0 Å². The highest BCUT2D eigenvalue weighted by Crippen LogP contribution is 2.33. The number of carbonyl (C=O) groups excluding carboxylic acids is 1. The Morgan fingerprint density at radius 3 is 2.50 bits per heavy atom. The zero-order valence-electron chi connectivity index (χ0n) is 18.3. The SMILES string of the molecule is CSc1ccc2nc(N(Cc3ccccc3)C(=O)CCCSc3ccc(C)cc3)sc2c1. The Hall–Kier alpha value is -2.28. The number of amides is 1. The molecule has 0 aliphatic rings. The van der Waals surface area contributed by atoms with Gasteiger partial charge in [0.25, 0.3) is 0 Å². The number of anilines is 1. The largest absolute Gasteiger partial charge is 0.284 e. The van der Waals surface area contributed by atoms with Crippen LogP contribution in [0.3, 0.4) is 0 Å². The Morgan fingerprint density at radius 1 is 1.00 bits per heavy atom. The summed E-state index contributed by atoms with van der Waals surface area (Å²) in [5, 5.41) is 0.776. The van der Waals surface area contributed by atoms with Crippen LogP contribution in [0.2, 0.25) is 0 Å². The van der Waals surface area contributed by atoms with E-state index in [9.17, 15) is 4.79 Å². The summed E-state index contributed by atoms with van der Waals surface area (Å²) in [6.07, 6.45) is 3.42. The van der Waals surface area contributed by atoms with Gasteiger partial charge in [-0.05, 0) is 61.2 Å². The zero-order chi connectivity index (χ0) is 22.3. The molecule has 0 N–H and O–H groups in total. The molecular weight excluding hydrogens is 453 g/mol. The first-order chi connectivity index (χ1) is 15.6. The summed E-state index contributed by atoms with van der Waals surface area (Å²) >= 11 is 5.12. The van der Waals surface area contributed by atoms with Crippen LogP contribution in [0.1, 0.15) is 24.0 Å². The maximum atomic E-state index is 13.3. The summed E-state index contributed by atoms with van der Waals surface area (Å²) in [5.41, 5.74) is 3.32. The van der Waals surface area contributed by atoms with Crippen LogP contribution in [0.4, 0.5) is 5.13 Å². The third-order valence-electron chi connectivity index (χ3n) is 5.12. The van der Waals surface area contributed by atoms with E-state index in [1.165, 1.54) is 15.4 Å². The molecule has 0 fully saturated rings. The first-order valence-electron chi connectivity index (χ1n) is 10.6. The fraction of sp³-hybridized carbons (Fsp3) is 0.231. The molecule has 1 amide bonds. The number of nitrogens with zero attached hydrogens (tertiary/aromatic N) is 2. The van der Waals surface area contributed by atoms with Gasteiger partial charge in [-0.1, -0.05) is 59.4 Å². The highest BCUT2D eigenvalue weighted by atomic mass is 32.2. The number of aromatic nitrogens is 1. The summed E-state index contributed by atoms with van der Waals surface area (Å²) < 4.78 is 1.12. The average Bonchev–Trinajstić information content (AvgIpc) is 3.25. The van der Waals surface area contributed by atoms with Gasteiger partial charge in [-0.3, -0.25) is 9.69 Å². The molecule has 164 valence electrons. The number of hydrogen-bond acceptors (Lipinski definition) is 5. The minimum absolute atomic E-state index is 0.127. The molecule has 4 rings (SSSR count). The summed E-state index contributed by atoms with van der Waals surface area (Å²) in [4.78, 5) is 22.4. The third kappa shape index (κ3) is 5.94. The molecule has 4 aromatic rings. The molecule has 0 aliphatic heterocycles. The Kier molecular flexibility index (Phi) is 7.90. The first-order valence-corrected chi connectivity index (χ1v) is 13.6. The van der Waals surface area contributed by atoms with Gasteiger partial charge < -0.3 is 0 Å². The van der Waals surface area contributed by atoms with E-state index in [1.807, 2.05) is 29.2 Å². The van der Waals surface area contributed by atoms with Crippen molar-refractivity contribution in [2.24, 2.45) is 0 Å². The highest BCUT2D eigenvalue weighted by molar-refractivity contribution is 7.99. The van der Waals surface area contributed by atoms with E-state index in [1.54, 1.807) is 34.9 Å². The summed E-state index contributed by atoms with van der Waals surface area (Å²) in [5.74, 6) is 1.05. The number of carbonyl (C=O) groups is 1. The molecule has 3 nitrogen and oxygen atoms in total. The molecular formula is C26H26N2OS3. The average molecular weight is 479 g/mol. The minimum atomic E-state index is 0.127. The number of rotatable bonds is 9. The van der Waals surface area contributed by atoms with Gasteiger partial charge in [-0.25, -0.2) is 4.98 Å². The van der Waals surface area contributed by atoms with Crippen LogP contribution in [-0.4, -0.2) is 22.9 Å². The van der Waals surface area contributed by atoms with Crippen molar-refractivity contribution in [3.63, 3.8) is 0 Å². The predicted molar refractivity (Wildman–Crippen MR) is 140 cm³/mol. The Labute approximate surface area is 202 Å². The molecule has 0 aliphatic carbocycles. The van der Waals surface area contributed by atoms with Crippen molar-refractivity contribution in [2.45, 2.75) is 36.1 Å². The number of hydrogen-bond donors (Lipinski definition) is 0. The molecule has 6 heteroatoms. The van der Waals surface area contributed by atoms with Gasteiger partial charge in [0.2, 0.25) is 5.91 Å². The van der Waals surface area contributed by atoms with Crippen LogP contribution in [0.15, 0.2) is 82.6 Å². The lowest BCUT2D eigenvalue weighted by atomic mass is 10.2. The molecule has 0 saturated carbocycles. The number of benzene rings is 3. The third-order valence-corrected chi connectivity index (χ3v) is 7.99. The van der Waals surface area contributed by atoms with Crippen LogP contribution < -0.4 is 4.90 Å². The van der Waals surface area contributed by atoms with Crippen molar-refractivity contribution in [1.82, 2.24) is 4.98 Å². The van der Waals surface area contributed by atoms with Crippen LogP contribution in [0.5, 0.6) is 0 Å². The van der Waals surface area contributed by atoms with Crippen LogP contribution in [0, 0.1) is 6.92 Å². The van der Waals surface area contributed by atoms with Crippen molar-refractivity contribution in [1.29, 1.82) is 0 Å². The van der Waals surface area contributed by atoms with E-state index in [0.717, 1.165) is 33.1 Å². The number of thiazole rings is 1. The molecule has 1 aromatic heterocycles. The standard InChI is InChI=1S/C26H26N2OS3/c1-19-10-12-21(13-11-19)31-16-6-9-25(29)28(18-20-7-4-3-5-8-20)26-27-23-15-14-22(30-2)17-24(23)32-26/h3-5,7-8,10-15,17H,6,9,16,18H2,1-2H3. The summed E-state index contributed by atoms with van der Waals surface area (Å²) in [6.45, 7) is 2.64. The Morgan fingerprint density at radius 2 is 1.75 bits per heavy atom. The second kappa shape index (κ2) is 11.0. The van der Waals surface area contributed by atoms with Gasteiger partial charge in [-0.2, -0.15) is 0 Å². The monoisotopic (exact) mass is 478 g/mol. The van der Waals surface area contributed by atoms with Gasteiger partial charge in [-0.15, -0.1) is 23.5 Å². The van der Waals surface area contributed by atoms with Crippen LogP contribution in [0.25, 0.3) is 10.2 Å². The topological polar surface area (TPSA) is 33.2 Å². The minimum Gasteiger partial charge on any atom is -0.284 e. The molecule has 0 atom stereocenters. The molecule has 0 saturated heterocycles. The molecule has 1 heterocycles. The smallest absolute Gasteiger partial charge is 0.229 e. The van der Waals surface area contributed by atoms with Gasteiger partial charge in [0.1, 0.15) is 0 Å². The van der Waals surface area contributed by atoms with E-state index in [0.29, 0.717) is 13.0 Å². The van der Waals surface area contributed by atoms with Gasteiger partial charge in [0.15, 0.2) is 5.13 Å². The van der Waals surface area contributed by atoms with Crippen molar-refractivity contribution in [3.05, 3.63) is 83.9 Å². The van der Waals surface area contributed by atoms with Crippen LogP contribution >= 0.6 is 34.9 Å². The number of aryl methyl sites for hydroxylation is 1. The van der Waals surface area contributed by atoms with E-state index in [-0.39, 0.29) is 5.91 Å².